The zero-order valence-electron chi connectivity index (χ0n) is 13.2. The molecule has 1 saturated heterocycles. The van der Waals surface area contributed by atoms with Gasteiger partial charge in [0.05, 0.1) is 29.0 Å². The first-order valence-corrected chi connectivity index (χ1v) is 8.43. The molecule has 5 nitrogen and oxygen atoms in total. The van der Waals surface area contributed by atoms with E-state index < -0.39 is 0 Å². The van der Waals surface area contributed by atoms with Gasteiger partial charge in [-0.1, -0.05) is 6.42 Å². The molecule has 1 aliphatic heterocycles. The van der Waals surface area contributed by atoms with Crippen LogP contribution in [0, 0.1) is 11.3 Å². The summed E-state index contributed by atoms with van der Waals surface area (Å²) in [6, 6.07) is 5.59. The quantitative estimate of drug-likeness (QED) is 0.800. The summed E-state index contributed by atoms with van der Waals surface area (Å²) in [5.74, 6) is 0.178. The number of hydrogen-bond donors (Lipinski definition) is 0. The molecule has 2 saturated carbocycles. The molecule has 3 aliphatic rings. The summed E-state index contributed by atoms with van der Waals surface area (Å²) in [6.07, 6.45) is 6.62. The lowest BCUT2D eigenvalue weighted by Gasteiger charge is -2.61. The minimum absolute atomic E-state index is 0.0377. The van der Waals surface area contributed by atoms with E-state index in [1.807, 2.05) is 29.8 Å². The SMILES string of the molecule is Cn1cnc2cc(C(=O)O[C@@H]3[C@@H]4CCO[C@H]4C34CCC4)ccc21. The number of carbonyl (C=O) groups excluding carboxylic acids is 1. The molecule has 3 fully saturated rings. The second-order valence-electron chi connectivity index (χ2n) is 7.22. The summed E-state index contributed by atoms with van der Waals surface area (Å²) in [6.45, 7) is 0.811. The molecule has 120 valence electrons. The molecule has 2 aromatic rings. The van der Waals surface area contributed by atoms with E-state index in [1.165, 1.54) is 6.42 Å². The maximum atomic E-state index is 12.6. The first-order chi connectivity index (χ1) is 11.2. The molecule has 5 rings (SSSR count). The predicted molar refractivity (Wildman–Crippen MR) is 84.0 cm³/mol. The molecule has 23 heavy (non-hydrogen) atoms. The number of rotatable bonds is 2. The van der Waals surface area contributed by atoms with Crippen LogP contribution in [0.25, 0.3) is 11.0 Å². The van der Waals surface area contributed by atoms with Gasteiger partial charge in [-0.15, -0.1) is 0 Å². The summed E-state index contributed by atoms with van der Waals surface area (Å²) in [5.41, 5.74) is 2.56. The highest BCUT2D eigenvalue weighted by molar-refractivity contribution is 5.93. The molecular weight excluding hydrogens is 292 g/mol. The van der Waals surface area contributed by atoms with Crippen molar-refractivity contribution in [3.8, 4) is 0 Å². The topological polar surface area (TPSA) is 53.4 Å². The number of carbonyl (C=O) groups is 1. The van der Waals surface area contributed by atoms with Gasteiger partial charge in [0.1, 0.15) is 6.10 Å². The lowest BCUT2D eigenvalue weighted by molar-refractivity contribution is -0.234. The van der Waals surface area contributed by atoms with Crippen molar-refractivity contribution in [1.29, 1.82) is 0 Å². The molecule has 1 aromatic heterocycles. The van der Waals surface area contributed by atoms with Gasteiger partial charge in [0.2, 0.25) is 0 Å². The van der Waals surface area contributed by atoms with E-state index in [4.69, 9.17) is 9.47 Å². The van der Waals surface area contributed by atoms with Crippen LogP contribution >= 0.6 is 0 Å². The van der Waals surface area contributed by atoms with Gasteiger partial charge in [-0.3, -0.25) is 0 Å². The second-order valence-corrected chi connectivity index (χ2v) is 7.22. The van der Waals surface area contributed by atoms with E-state index in [0.29, 0.717) is 17.6 Å². The van der Waals surface area contributed by atoms with Crippen molar-refractivity contribution in [2.45, 2.75) is 37.9 Å². The van der Waals surface area contributed by atoms with Crippen LogP contribution in [0.15, 0.2) is 24.5 Å². The molecule has 5 heteroatoms. The Bertz CT molecular complexity index is 793. The maximum Gasteiger partial charge on any atom is 0.338 e. The minimum atomic E-state index is -0.223. The number of fused-ring (bicyclic) bond motifs is 3. The summed E-state index contributed by atoms with van der Waals surface area (Å²) >= 11 is 0. The Kier molecular flexibility index (Phi) is 2.69. The fraction of sp³-hybridized carbons (Fsp3) is 0.556. The lowest BCUT2D eigenvalue weighted by Crippen LogP contribution is -2.67. The van der Waals surface area contributed by atoms with E-state index >= 15 is 0 Å². The van der Waals surface area contributed by atoms with Crippen molar-refractivity contribution in [2.24, 2.45) is 18.4 Å². The molecule has 0 unspecified atom stereocenters. The van der Waals surface area contributed by atoms with Crippen LogP contribution in [-0.2, 0) is 16.5 Å². The third-order valence-corrected chi connectivity index (χ3v) is 6.14. The van der Waals surface area contributed by atoms with Crippen molar-refractivity contribution in [3.63, 3.8) is 0 Å². The first kappa shape index (κ1) is 13.5. The van der Waals surface area contributed by atoms with Crippen LogP contribution in [0.2, 0.25) is 0 Å². The Labute approximate surface area is 134 Å². The number of esters is 1. The summed E-state index contributed by atoms with van der Waals surface area (Å²) in [7, 11) is 1.95. The van der Waals surface area contributed by atoms with Crippen molar-refractivity contribution in [2.75, 3.05) is 6.61 Å². The van der Waals surface area contributed by atoms with E-state index in [2.05, 4.69) is 4.98 Å². The van der Waals surface area contributed by atoms with Crippen LogP contribution in [0.4, 0.5) is 0 Å². The van der Waals surface area contributed by atoms with Gasteiger partial charge in [-0.2, -0.15) is 0 Å². The van der Waals surface area contributed by atoms with E-state index in [1.54, 1.807) is 6.33 Å². The van der Waals surface area contributed by atoms with Gasteiger partial charge < -0.3 is 14.0 Å². The Morgan fingerprint density at radius 2 is 2.30 bits per heavy atom. The van der Waals surface area contributed by atoms with Crippen molar-refractivity contribution < 1.29 is 14.3 Å². The summed E-state index contributed by atoms with van der Waals surface area (Å²) < 4.78 is 13.8. The lowest BCUT2D eigenvalue weighted by atomic mass is 9.47. The van der Waals surface area contributed by atoms with Crippen LogP contribution in [0.1, 0.15) is 36.0 Å². The average Bonchev–Trinajstić information content (AvgIpc) is 3.08. The van der Waals surface area contributed by atoms with Gasteiger partial charge in [-0.25, -0.2) is 9.78 Å². The number of aryl methyl sites for hydroxylation is 1. The summed E-state index contributed by atoms with van der Waals surface area (Å²) in [5, 5.41) is 0. The predicted octanol–water partition coefficient (Wildman–Crippen LogP) is 2.69. The van der Waals surface area contributed by atoms with E-state index in [9.17, 15) is 4.79 Å². The van der Waals surface area contributed by atoms with Crippen LogP contribution in [0.3, 0.4) is 0 Å². The molecule has 3 atom stereocenters. The number of imidazole rings is 1. The monoisotopic (exact) mass is 312 g/mol. The summed E-state index contributed by atoms with van der Waals surface area (Å²) in [4.78, 5) is 16.9. The Balaban J connectivity index is 1.40. The molecule has 0 radical (unpaired) electrons. The molecule has 1 spiro atoms. The molecule has 0 amide bonds. The molecular formula is C18H20N2O3. The van der Waals surface area contributed by atoms with E-state index in [0.717, 1.165) is 36.9 Å². The molecule has 2 aliphatic carbocycles. The van der Waals surface area contributed by atoms with Gasteiger partial charge in [0, 0.05) is 25.0 Å². The maximum absolute atomic E-state index is 12.6. The van der Waals surface area contributed by atoms with Crippen LogP contribution in [-0.4, -0.2) is 34.3 Å². The van der Waals surface area contributed by atoms with Crippen LogP contribution in [0.5, 0.6) is 0 Å². The zero-order valence-corrected chi connectivity index (χ0v) is 13.2. The Morgan fingerprint density at radius 1 is 1.43 bits per heavy atom. The number of benzene rings is 1. The minimum Gasteiger partial charge on any atom is -0.458 e. The third kappa shape index (κ3) is 1.71. The van der Waals surface area contributed by atoms with Gasteiger partial charge in [0.15, 0.2) is 0 Å². The molecule has 0 N–H and O–H groups in total. The van der Waals surface area contributed by atoms with Gasteiger partial charge in [-0.05, 0) is 37.5 Å². The first-order valence-electron chi connectivity index (χ1n) is 8.43. The fourth-order valence-electron chi connectivity index (χ4n) is 4.78. The average molecular weight is 312 g/mol. The zero-order chi connectivity index (χ0) is 15.6. The number of ether oxygens (including phenoxy) is 2. The van der Waals surface area contributed by atoms with Crippen molar-refractivity contribution >= 4 is 17.0 Å². The molecule has 1 aromatic carbocycles. The molecule has 0 bridgehead atoms. The van der Waals surface area contributed by atoms with Crippen LogP contribution < -0.4 is 0 Å². The van der Waals surface area contributed by atoms with Gasteiger partial charge in [0.25, 0.3) is 0 Å². The third-order valence-electron chi connectivity index (χ3n) is 6.14. The smallest absolute Gasteiger partial charge is 0.338 e. The van der Waals surface area contributed by atoms with E-state index in [-0.39, 0.29) is 17.5 Å². The standard InChI is InChI=1S/C18H20N2O3/c1-20-10-19-13-9-11(3-4-14(13)20)17(21)23-16-12-5-8-22-15(12)18(16)6-2-7-18/h3-4,9-10,12,15-16H,2,5-8H2,1H3/t12-,15-,16-/m1/s1. The highest BCUT2D eigenvalue weighted by Crippen LogP contribution is 2.64. The highest BCUT2D eigenvalue weighted by atomic mass is 16.6. The molecule has 2 heterocycles. The largest absolute Gasteiger partial charge is 0.458 e. The second kappa shape index (κ2) is 4.57. The Morgan fingerprint density at radius 3 is 3.09 bits per heavy atom. The number of nitrogens with zero attached hydrogens (tertiary/aromatic N) is 2. The Hall–Kier alpha value is -1.88. The van der Waals surface area contributed by atoms with Crippen molar-refractivity contribution in [1.82, 2.24) is 9.55 Å². The normalized spacial score (nSPS) is 30.7. The van der Waals surface area contributed by atoms with Crippen molar-refractivity contribution in [3.05, 3.63) is 30.1 Å². The highest BCUT2D eigenvalue weighted by Gasteiger charge is 2.68. The number of aromatic nitrogens is 2. The fourth-order valence-corrected chi connectivity index (χ4v) is 4.78. The van der Waals surface area contributed by atoms with Gasteiger partial charge >= 0.3 is 5.97 Å². The number of hydrogen-bond acceptors (Lipinski definition) is 4.